The van der Waals surface area contributed by atoms with Crippen LogP contribution in [0.5, 0.6) is 11.5 Å². The van der Waals surface area contributed by atoms with Gasteiger partial charge in [-0.2, -0.15) is 0 Å². The molecule has 0 radical (unpaired) electrons. The normalized spacial score (nSPS) is 19.3. The van der Waals surface area contributed by atoms with Crippen LogP contribution in [0.15, 0.2) is 18.2 Å². The Labute approximate surface area is 102 Å². The van der Waals surface area contributed by atoms with Crippen LogP contribution in [0, 0.1) is 0 Å². The molecular formula is C13H19NO3. The molecule has 1 aliphatic heterocycles. The lowest BCUT2D eigenvalue weighted by Gasteiger charge is -2.15. The van der Waals surface area contributed by atoms with E-state index in [1.165, 1.54) is 0 Å². The maximum absolute atomic E-state index is 5.39. The molecule has 0 aromatic heterocycles. The zero-order chi connectivity index (χ0) is 12.1. The fourth-order valence-electron chi connectivity index (χ4n) is 2.04. The van der Waals surface area contributed by atoms with Crippen LogP contribution in [0.4, 0.5) is 0 Å². The second kappa shape index (κ2) is 5.89. The second-order valence-corrected chi connectivity index (χ2v) is 4.09. The van der Waals surface area contributed by atoms with Crippen molar-refractivity contribution in [3.8, 4) is 11.5 Å². The Morgan fingerprint density at radius 1 is 1.35 bits per heavy atom. The van der Waals surface area contributed by atoms with Crippen molar-refractivity contribution in [1.29, 1.82) is 0 Å². The summed E-state index contributed by atoms with van der Waals surface area (Å²) in [5.74, 6) is 1.58. The van der Waals surface area contributed by atoms with Gasteiger partial charge in [-0.3, -0.25) is 0 Å². The van der Waals surface area contributed by atoms with E-state index in [4.69, 9.17) is 14.2 Å². The smallest absolute Gasteiger partial charge is 0.165 e. The number of para-hydroxylation sites is 1. The third-order valence-corrected chi connectivity index (χ3v) is 3.00. The van der Waals surface area contributed by atoms with E-state index < -0.39 is 0 Å². The molecule has 4 nitrogen and oxygen atoms in total. The highest BCUT2D eigenvalue weighted by Crippen LogP contribution is 2.30. The molecule has 1 fully saturated rings. The summed E-state index contributed by atoms with van der Waals surface area (Å²) in [6.07, 6.45) is 1.08. The van der Waals surface area contributed by atoms with E-state index in [1.807, 2.05) is 18.2 Å². The highest BCUT2D eigenvalue weighted by molar-refractivity contribution is 5.46. The largest absolute Gasteiger partial charge is 0.493 e. The highest BCUT2D eigenvalue weighted by atomic mass is 16.5. The summed E-state index contributed by atoms with van der Waals surface area (Å²) >= 11 is 0. The maximum Gasteiger partial charge on any atom is 0.165 e. The van der Waals surface area contributed by atoms with Crippen molar-refractivity contribution < 1.29 is 14.2 Å². The summed E-state index contributed by atoms with van der Waals surface area (Å²) in [4.78, 5) is 0. The zero-order valence-corrected chi connectivity index (χ0v) is 10.4. The molecule has 0 amide bonds. The monoisotopic (exact) mass is 237 g/mol. The summed E-state index contributed by atoms with van der Waals surface area (Å²) in [5, 5.41) is 3.46. The minimum Gasteiger partial charge on any atom is -0.493 e. The van der Waals surface area contributed by atoms with Crippen LogP contribution in [0.25, 0.3) is 0 Å². The van der Waals surface area contributed by atoms with Gasteiger partial charge in [0.1, 0.15) is 0 Å². The van der Waals surface area contributed by atoms with Gasteiger partial charge in [0.05, 0.1) is 20.8 Å². The molecule has 1 saturated heterocycles. The molecule has 2 rings (SSSR count). The molecule has 1 aromatic carbocycles. The molecule has 0 bridgehead atoms. The van der Waals surface area contributed by atoms with Crippen LogP contribution in [0.1, 0.15) is 12.0 Å². The minimum atomic E-state index is 0.450. The zero-order valence-electron chi connectivity index (χ0n) is 10.4. The molecule has 1 atom stereocenters. The molecule has 1 N–H and O–H groups in total. The number of hydrogen-bond donors (Lipinski definition) is 1. The van der Waals surface area contributed by atoms with Gasteiger partial charge < -0.3 is 19.5 Å². The summed E-state index contributed by atoms with van der Waals surface area (Å²) < 4.78 is 16.0. The van der Waals surface area contributed by atoms with Gasteiger partial charge in [-0.15, -0.1) is 0 Å². The van der Waals surface area contributed by atoms with Crippen LogP contribution >= 0.6 is 0 Å². The molecule has 0 aliphatic carbocycles. The van der Waals surface area contributed by atoms with Crippen molar-refractivity contribution in [2.75, 3.05) is 27.4 Å². The third-order valence-electron chi connectivity index (χ3n) is 3.00. The fraction of sp³-hybridized carbons (Fsp3) is 0.538. The van der Waals surface area contributed by atoms with Crippen LogP contribution < -0.4 is 14.8 Å². The van der Waals surface area contributed by atoms with Crippen LogP contribution in [0.2, 0.25) is 0 Å². The fourth-order valence-corrected chi connectivity index (χ4v) is 2.04. The molecular weight excluding hydrogens is 218 g/mol. The van der Waals surface area contributed by atoms with Gasteiger partial charge in [0.2, 0.25) is 0 Å². The Kier molecular flexibility index (Phi) is 4.23. The maximum atomic E-state index is 5.39. The standard InChI is InChI=1S/C13H19NO3/c1-15-12-5-3-4-10(13(12)16-2)8-14-11-6-7-17-9-11/h3-5,11,14H,6-9H2,1-2H3. The summed E-state index contributed by atoms with van der Waals surface area (Å²) in [6, 6.07) is 6.38. The van der Waals surface area contributed by atoms with Gasteiger partial charge in [-0.05, 0) is 12.5 Å². The first kappa shape index (κ1) is 12.2. The SMILES string of the molecule is COc1cccc(CNC2CCOC2)c1OC. The van der Waals surface area contributed by atoms with Crippen molar-refractivity contribution in [3.05, 3.63) is 23.8 Å². The molecule has 1 heterocycles. The van der Waals surface area contributed by atoms with Crippen LogP contribution in [-0.4, -0.2) is 33.5 Å². The first-order chi connectivity index (χ1) is 8.35. The Balaban J connectivity index is 2.03. The van der Waals surface area contributed by atoms with Crippen LogP contribution in [-0.2, 0) is 11.3 Å². The van der Waals surface area contributed by atoms with Gasteiger partial charge in [-0.1, -0.05) is 12.1 Å². The molecule has 1 unspecified atom stereocenters. The first-order valence-corrected chi connectivity index (χ1v) is 5.86. The van der Waals surface area contributed by atoms with E-state index in [1.54, 1.807) is 14.2 Å². The Morgan fingerprint density at radius 3 is 2.88 bits per heavy atom. The highest BCUT2D eigenvalue weighted by Gasteiger charge is 2.16. The van der Waals surface area contributed by atoms with Crippen molar-refractivity contribution in [2.24, 2.45) is 0 Å². The van der Waals surface area contributed by atoms with Crippen molar-refractivity contribution in [1.82, 2.24) is 5.32 Å². The van der Waals surface area contributed by atoms with Gasteiger partial charge in [0.25, 0.3) is 0 Å². The van der Waals surface area contributed by atoms with Gasteiger partial charge in [0, 0.05) is 24.8 Å². The Bertz CT molecular complexity index is 362. The van der Waals surface area contributed by atoms with E-state index in [0.717, 1.165) is 43.2 Å². The first-order valence-electron chi connectivity index (χ1n) is 5.86. The lowest BCUT2D eigenvalue weighted by atomic mass is 10.1. The summed E-state index contributed by atoms with van der Waals surface area (Å²) in [7, 11) is 3.32. The number of ether oxygens (including phenoxy) is 3. The topological polar surface area (TPSA) is 39.7 Å². The van der Waals surface area contributed by atoms with Gasteiger partial charge in [-0.25, -0.2) is 0 Å². The molecule has 1 aromatic rings. The lowest BCUT2D eigenvalue weighted by molar-refractivity contribution is 0.189. The van der Waals surface area contributed by atoms with Crippen LogP contribution in [0.3, 0.4) is 0 Å². The van der Waals surface area contributed by atoms with Gasteiger partial charge >= 0.3 is 0 Å². The summed E-state index contributed by atoms with van der Waals surface area (Å²) in [6.45, 7) is 2.42. The van der Waals surface area contributed by atoms with E-state index in [-0.39, 0.29) is 0 Å². The number of hydrogen-bond acceptors (Lipinski definition) is 4. The average Bonchev–Trinajstić information content (AvgIpc) is 2.88. The number of rotatable bonds is 5. The molecule has 0 saturated carbocycles. The predicted octanol–water partition coefficient (Wildman–Crippen LogP) is 1.58. The number of nitrogens with one attached hydrogen (secondary N) is 1. The Morgan fingerprint density at radius 2 is 2.24 bits per heavy atom. The van der Waals surface area contributed by atoms with Crippen molar-refractivity contribution in [3.63, 3.8) is 0 Å². The van der Waals surface area contributed by atoms with E-state index in [2.05, 4.69) is 5.32 Å². The second-order valence-electron chi connectivity index (χ2n) is 4.09. The lowest BCUT2D eigenvalue weighted by Crippen LogP contribution is -2.28. The van der Waals surface area contributed by atoms with Crippen molar-refractivity contribution in [2.45, 2.75) is 19.0 Å². The molecule has 4 heteroatoms. The van der Waals surface area contributed by atoms with E-state index in [0.29, 0.717) is 6.04 Å². The molecule has 1 aliphatic rings. The predicted molar refractivity (Wildman–Crippen MR) is 65.6 cm³/mol. The Hall–Kier alpha value is -1.26. The number of methoxy groups -OCH3 is 2. The number of benzene rings is 1. The minimum absolute atomic E-state index is 0.450. The quantitative estimate of drug-likeness (QED) is 0.844. The van der Waals surface area contributed by atoms with E-state index in [9.17, 15) is 0 Å². The van der Waals surface area contributed by atoms with Gasteiger partial charge in [0.15, 0.2) is 11.5 Å². The molecule has 0 spiro atoms. The van der Waals surface area contributed by atoms with E-state index >= 15 is 0 Å². The summed E-state index contributed by atoms with van der Waals surface area (Å²) in [5.41, 5.74) is 1.11. The van der Waals surface area contributed by atoms with Crippen molar-refractivity contribution >= 4 is 0 Å². The molecule has 17 heavy (non-hydrogen) atoms. The third kappa shape index (κ3) is 2.90. The average molecular weight is 237 g/mol. The molecule has 94 valence electrons.